The maximum atomic E-state index is 5.93. The molecule has 6 heteroatoms. The van der Waals surface area contributed by atoms with Gasteiger partial charge in [0.1, 0.15) is 12.2 Å². The first kappa shape index (κ1) is 14.4. The first-order valence-electron chi connectivity index (χ1n) is 7.07. The minimum absolute atomic E-state index is 0.224. The number of nitrogens with zero attached hydrogens (tertiary/aromatic N) is 4. The predicted octanol–water partition coefficient (Wildman–Crippen LogP) is 0.0564. The molecule has 0 bridgehead atoms. The molecule has 1 aromatic heterocycles. The van der Waals surface area contributed by atoms with Crippen LogP contribution < -0.4 is 5.32 Å². The number of aromatic nitrogens is 3. The third-order valence-electron chi connectivity index (χ3n) is 3.61. The molecular formula is C13H25N5O. The van der Waals surface area contributed by atoms with Crippen LogP contribution in [0.4, 0.5) is 0 Å². The van der Waals surface area contributed by atoms with Crippen LogP contribution in [0.3, 0.4) is 0 Å². The second kappa shape index (κ2) is 6.98. The first-order valence-corrected chi connectivity index (χ1v) is 7.07. The van der Waals surface area contributed by atoms with E-state index in [2.05, 4.69) is 34.3 Å². The van der Waals surface area contributed by atoms with Gasteiger partial charge in [-0.15, -0.1) is 0 Å². The van der Waals surface area contributed by atoms with E-state index in [4.69, 9.17) is 4.74 Å². The van der Waals surface area contributed by atoms with Gasteiger partial charge in [0.2, 0.25) is 0 Å². The molecule has 1 N–H and O–H groups in total. The van der Waals surface area contributed by atoms with Gasteiger partial charge in [-0.05, 0) is 20.0 Å². The summed E-state index contributed by atoms with van der Waals surface area (Å²) in [5.74, 6) is 1.01. The smallest absolute Gasteiger partial charge is 0.138 e. The fourth-order valence-corrected chi connectivity index (χ4v) is 2.42. The Morgan fingerprint density at radius 3 is 3.00 bits per heavy atom. The lowest BCUT2D eigenvalue weighted by atomic mass is 10.0. The highest BCUT2D eigenvalue weighted by Crippen LogP contribution is 2.11. The Morgan fingerprint density at radius 1 is 1.53 bits per heavy atom. The maximum Gasteiger partial charge on any atom is 0.138 e. The maximum absolute atomic E-state index is 5.93. The van der Waals surface area contributed by atoms with Crippen molar-refractivity contribution >= 4 is 0 Å². The molecule has 2 heterocycles. The van der Waals surface area contributed by atoms with Crippen LogP contribution in [0, 0.1) is 0 Å². The quantitative estimate of drug-likeness (QED) is 0.790. The van der Waals surface area contributed by atoms with Crippen molar-refractivity contribution in [2.24, 2.45) is 7.05 Å². The third-order valence-corrected chi connectivity index (χ3v) is 3.61. The van der Waals surface area contributed by atoms with Crippen molar-refractivity contribution in [3.63, 3.8) is 0 Å². The fourth-order valence-electron chi connectivity index (χ4n) is 2.42. The molecule has 2 atom stereocenters. The minimum Gasteiger partial charge on any atom is -0.374 e. The molecule has 0 amide bonds. The van der Waals surface area contributed by atoms with Gasteiger partial charge < -0.3 is 15.0 Å². The molecule has 0 saturated carbocycles. The highest BCUT2D eigenvalue weighted by molar-refractivity contribution is 4.93. The number of ether oxygens (including phenoxy) is 1. The number of likely N-dealkylation sites (N-methyl/N-ethyl adjacent to an activating group) is 1. The van der Waals surface area contributed by atoms with E-state index in [0.29, 0.717) is 6.04 Å². The molecule has 1 aliphatic rings. The van der Waals surface area contributed by atoms with E-state index in [1.807, 2.05) is 11.7 Å². The normalized spacial score (nSPS) is 22.6. The average molecular weight is 267 g/mol. The number of rotatable bonds is 6. The topological polar surface area (TPSA) is 55.2 Å². The van der Waals surface area contributed by atoms with Gasteiger partial charge in [0.25, 0.3) is 0 Å². The molecule has 0 radical (unpaired) electrons. The number of aryl methyl sites for hydroxylation is 1. The molecule has 0 spiro atoms. The Hall–Kier alpha value is -0.980. The summed E-state index contributed by atoms with van der Waals surface area (Å²) in [6, 6.07) is 0.297. The van der Waals surface area contributed by atoms with Crippen LogP contribution in [-0.4, -0.2) is 65.1 Å². The van der Waals surface area contributed by atoms with Crippen LogP contribution in [0.5, 0.6) is 0 Å². The SMILES string of the molecule is CCCNC(Cc1ncnn1C)C1CN(C)CCO1. The fraction of sp³-hybridized carbons (Fsp3) is 0.846. The summed E-state index contributed by atoms with van der Waals surface area (Å²) in [5.41, 5.74) is 0. The second-order valence-corrected chi connectivity index (χ2v) is 5.24. The Balaban J connectivity index is 2.00. The summed E-state index contributed by atoms with van der Waals surface area (Å²) in [7, 11) is 4.09. The van der Waals surface area contributed by atoms with Crippen LogP contribution in [0.25, 0.3) is 0 Å². The molecule has 108 valence electrons. The Labute approximate surface area is 115 Å². The van der Waals surface area contributed by atoms with Gasteiger partial charge in [-0.2, -0.15) is 5.10 Å². The standard InChI is InChI=1S/C13H25N5O/c1-4-5-14-11(8-13-15-10-16-18(13)3)12-9-17(2)6-7-19-12/h10-12,14H,4-9H2,1-3H3. The molecule has 0 aromatic carbocycles. The molecular weight excluding hydrogens is 242 g/mol. The molecule has 2 rings (SSSR count). The van der Waals surface area contributed by atoms with Crippen LogP contribution in [0.2, 0.25) is 0 Å². The van der Waals surface area contributed by atoms with E-state index in [1.165, 1.54) is 0 Å². The zero-order valence-electron chi connectivity index (χ0n) is 12.2. The highest BCUT2D eigenvalue weighted by Gasteiger charge is 2.27. The zero-order chi connectivity index (χ0) is 13.7. The van der Waals surface area contributed by atoms with Crippen molar-refractivity contribution in [3.05, 3.63) is 12.2 Å². The van der Waals surface area contributed by atoms with Crippen LogP contribution in [-0.2, 0) is 18.2 Å². The Morgan fingerprint density at radius 2 is 2.37 bits per heavy atom. The van der Waals surface area contributed by atoms with Crippen molar-refractivity contribution < 1.29 is 4.74 Å². The predicted molar refractivity (Wildman–Crippen MR) is 74.0 cm³/mol. The first-order chi connectivity index (χ1) is 9.20. The van der Waals surface area contributed by atoms with Crippen molar-refractivity contribution in [1.29, 1.82) is 0 Å². The van der Waals surface area contributed by atoms with Crippen LogP contribution in [0.1, 0.15) is 19.2 Å². The minimum atomic E-state index is 0.224. The van der Waals surface area contributed by atoms with Crippen LogP contribution in [0.15, 0.2) is 6.33 Å². The van der Waals surface area contributed by atoms with E-state index < -0.39 is 0 Å². The molecule has 1 fully saturated rings. The molecule has 19 heavy (non-hydrogen) atoms. The number of hydrogen-bond acceptors (Lipinski definition) is 5. The lowest BCUT2D eigenvalue weighted by Gasteiger charge is -2.35. The van der Waals surface area contributed by atoms with Gasteiger partial charge >= 0.3 is 0 Å². The summed E-state index contributed by atoms with van der Waals surface area (Å²) < 4.78 is 7.78. The largest absolute Gasteiger partial charge is 0.374 e. The van der Waals surface area contributed by atoms with E-state index in [-0.39, 0.29) is 6.10 Å². The van der Waals surface area contributed by atoms with Gasteiger partial charge in [-0.25, -0.2) is 4.98 Å². The number of hydrogen-bond donors (Lipinski definition) is 1. The molecule has 1 saturated heterocycles. The van der Waals surface area contributed by atoms with E-state index in [9.17, 15) is 0 Å². The monoisotopic (exact) mass is 267 g/mol. The molecule has 1 aromatic rings. The van der Waals surface area contributed by atoms with Gasteiger partial charge in [-0.3, -0.25) is 4.68 Å². The van der Waals surface area contributed by atoms with Gasteiger partial charge in [0, 0.05) is 32.6 Å². The number of morpholine rings is 1. The summed E-state index contributed by atoms with van der Waals surface area (Å²) in [6.45, 7) is 5.98. The lowest BCUT2D eigenvalue weighted by molar-refractivity contribution is -0.0387. The third kappa shape index (κ3) is 3.99. The summed E-state index contributed by atoms with van der Waals surface area (Å²) in [4.78, 5) is 6.65. The van der Waals surface area contributed by atoms with Crippen molar-refractivity contribution in [2.45, 2.75) is 31.9 Å². The second-order valence-electron chi connectivity index (χ2n) is 5.24. The average Bonchev–Trinajstić information content (AvgIpc) is 2.80. The molecule has 6 nitrogen and oxygen atoms in total. The van der Waals surface area contributed by atoms with Crippen molar-refractivity contribution in [1.82, 2.24) is 25.0 Å². The van der Waals surface area contributed by atoms with E-state index in [0.717, 1.165) is 44.9 Å². The van der Waals surface area contributed by atoms with E-state index in [1.54, 1.807) is 6.33 Å². The molecule has 1 aliphatic heterocycles. The molecule has 2 unspecified atom stereocenters. The summed E-state index contributed by atoms with van der Waals surface area (Å²) >= 11 is 0. The van der Waals surface area contributed by atoms with Gasteiger partial charge in [0.15, 0.2) is 0 Å². The Bertz CT molecular complexity index is 381. The summed E-state index contributed by atoms with van der Waals surface area (Å²) in [5, 5.41) is 7.73. The zero-order valence-corrected chi connectivity index (χ0v) is 12.2. The summed E-state index contributed by atoms with van der Waals surface area (Å²) in [6.07, 6.45) is 3.81. The number of nitrogens with one attached hydrogen (secondary N) is 1. The lowest BCUT2D eigenvalue weighted by Crippen LogP contribution is -2.52. The van der Waals surface area contributed by atoms with Crippen molar-refractivity contribution in [3.8, 4) is 0 Å². The van der Waals surface area contributed by atoms with Crippen molar-refractivity contribution in [2.75, 3.05) is 33.3 Å². The highest BCUT2D eigenvalue weighted by atomic mass is 16.5. The van der Waals surface area contributed by atoms with Crippen LogP contribution >= 0.6 is 0 Å². The molecule has 0 aliphatic carbocycles. The van der Waals surface area contributed by atoms with E-state index >= 15 is 0 Å². The Kier molecular flexibility index (Phi) is 5.30. The van der Waals surface area contributed by atoms with Gasteiger partial charge in [-0.1, -0.05) is 6.92 Å². The van der Waals surface area contributed by atoms with Gasteiger partial charge in [0.05, 0.1) is 12.7 Å².